The van der Waals surface area contributed by atoms with Crippen molar-refractivity contribution < 1.29 is 4.74 Å². The lowest BCUT2D eigenvalue weighted by molar-refractivity contribution is 0.304. The molecule has 4 aromatic rings. The Balaban J connectivity index is 1.61. The van der Waals surface area contributed by atoms with E-state index in [1.54, 1.807) is 40.9 Å². The maximum absolute atomic E-state index is 6.26. The van der Waals surface area contributed by atoms with Gasteiger partial charge < -0.3 is 4.74 Å². The number of benzene rings is 2. The van der Waals surface area contributed by atoms with Crippen molar-refractivity contribution >= 4 is 62.7 Å². The molecule has 4 rings (SSSR count). The summed E-state index contributed by atoms with van der Waals surface area (Å²) in [6, 6.07) is 10.2. The fourth-order valence-corrected chi connectivity index (χ4v) is 3.99. The summed E-state index contributed by atoms with van der Waals surface area (Å²) in [4.78, 5) is 0.631. The van der Waals surface area contributed by atoms with Crippen molar-refractivity contribution in [2.24, 2.45) is 0 Å². The number of aromatic nitrogens is 4. The summed E-state index contributed by atoms with van der Waals surface area (Å²) < 4.78 is 7.34. The summed E-state index contributed by atoms with van der Waals surface area (Å²) in [5, 5.41) is 15.5. The Labute approximate surface area is 172 Å². The largest absolute Gasteiger partial charge is 0.485 e. The molecule has 0 aliphatic carbocycles. The third-order valence-corrected chi connectivity index (χ3v) is 5.40. The molecule has 132 valence electrons. The van der Waals surface area contributed by atoms with Crippen LogP contribution in [0.3, 0.4) is 0 Å². The molecule has 0 saturated carbocycles. The second-order valence-electron chi connectivity index (χ2n) is 5.20. The van der Waals surface area contributed by atoms with Gasteiger partial charge >= 0.3 is 0 Å². The van der Waals surface area contributed by atoms with Gasteiger partial charge in [0.05, 0.1) is 10.0 Å². The number of hydrogen-bond acceptors (Lipinski definition) is 5. The molecule has 0 aliphatic rings. The van der Waals surface area contributed by atoms with Gasteiger partial charge in [-0.3, -0.25) is 0 Å². The van der Waals surface area contributed by atoms with Crippen LogP contribution in [0.15, 0.2) is 36.4 Å². The van der Waals surface area contributed by atoms with Gasteiger partial charge in [0.1, 0.15) is 12.4 Å². The van der Waals surface area contributed by atoms with E-state index in [1.165, 1.54) is 11.3 Å². The first-order valence-electron chi connectivity index (χ1n) is 7.25. The van der Waals surface area contributed by atoms with E-state index in [4.69, 9.17) is 51.1 Å². The number of halogens is 4. The zero-order valence-electron chi connectivity index (χ0n) is 12.8. The van der Waals surface area contributed by atoms with Crippen LogP contribution in [-0.2, 0) is 6.61 Å². The van der Waals surface area contributed by atoms with Crippen molar-refractivity contribution in [3.63, 3.8) is 0 Å². The predicted molar refractivity (Wildman–Crippen MR) is 105 cm³/mol. The molecule has 0 bridgehead atoms. The lowest BCUT2D eigenvalue weighted by atomic mass is 10.2. The van der Waals surface area contributed by atoms with Crippen molar-refractivity contribution in [1.82, 2.24) is 19.8 Å². The Kier molecular flexibility index (Phi) is 4.94. The Morgan fingerprint density at radius 3 is 2.38 bits per heavy atom. The number of fused-ring (bicyclic) bond motifs is 1. The quantitative estimate of drug-likeness (QED) is 0.383. The van der Waals surface area contributed by atoms with Crippen LogP contribution in [0.4, 0.5) is 0 Å². The topological polar surface area (TPSA) is 52.3 Å². The number of ether oxygens (including phenoxy) is 1. The summed E-state index contributed by atoms with van der Waals surface area (Å²) in [7, 11) is 0. The van der Waals surface area contributed by atoms with E-state index in [-0.39, 0.29) is 6.61 Å². The van der Waals surface area contributed by atoms with Gasteiger partial charge in [0.2, 0.25) is 4.96 Å². The highest BCUT2D eigenvalue weighted by Crippen LogP contribution is 2.31. The molecule has 0 N–H and O–H groups in total. The van der Waals surface area contributed by atoms with Gasteiger partial charge in [0.25, 0.3) is 0 Å². The van der Waals surface area contributed by atoms with Crippen LogP contribution >= 0.6 is 57.7 Å². The molecule has 5 nitrogen and oxygen atoms in total. The van der Waals surface area contributed by atoms with Crippen LogP contribution in [-0.4, -0.2) is 19.8 Å². The van der Waals surface area contributed by atoms with Crippen LogP contribution < -0.4 is 4.74 Å². The molecule has 10 heteroatoms. The Bertz CT molecular complexity index is 1110. The minimum absolute atomic E-state index is 0.239. The molecule has 0 atom stereocenters. The summed E-state index contributed by atoms with van der Waals surface area (Å²) in [5.74, 6) is 1.07. The Hall–Kier alpha value is -1.57. The van der Waals surface area contributed by atoms with Gasteiger partial charge in [-0.15, -0.1) is 10.2 Å². The summed E-state index contributed by atoms with van der Waals surface area (Å²) in [6.07, 6.45) is 0. The third kappa shape index (κ3) is 3.48. The van der Waals surface area contributed by atoms with Crippen molar-refractivity contribution in [2.75, 3.05) is 0 Å². The summed E-state index contributed by atoms with van der Waals surface area (Å²) in [5.41, 5.74) is 0.696. The lowest BCUT2D eigenvalue weighted by Crippen LogP contribution is -1.98. The second-order valence-corrected chi connectivity index (χ2v) is 7.93. The number of rotatable bonds is 4. The van der Waals surface area contributed by atoms with Gasteiger partial charge in [0.15, 0.2) is 10.8 Å². The predicted octanol–water partition coefficient (Wildman–Crippen LogP) is 6.05. The van der Waals surface area contributed by atoms with Crippen molar-refractivity contribution in [3.05, 3.63) is 61.5 Å². The molecule has 0 saturated heterocycles. The molecular formula is C16H8Cl4N4OS. The smallest absolute Gasteiger partial charge is 0.235 e. The van der Waals surface area contributed by atoms with Crippen molar-refractivity contribution in [2.45, 2.75) is 6.61 Å². The van der Waals surface area contributed by atoms with Crippen LogP contribution in [0.25, 0.3) is 16.3 Å². The normalized spacial score (nSPS) is 11.2. The van der Waals surface area contributed by atoms with Crippen molar-refractivity contribution in [1.29, 1.82) is 0 Å². The number of hydrogen-bond donors (Lipinski definition) is 0. The van der Waals surface area contributed by atoms with E-state index in [2.05, 4.69) is 15.3 Å². The molecule has 0 radical (unpaired) electrons. The van der Waals surface area contributed by atoms with E-state index in [1.807, 2.05) is 0 Å². The molecule has 2 aromatic carbocycles. The molecule has 0 amide bonds. The first-order chi connectivity index (χ1) is 12.5. The molecule has 26 heavy (non-hydrogen) atoms. The summed E-state index contributed by atoms with van der Waals surface area (Å²) in [6.45, 7) is 0.239. The molecule has 0 aliphatic heterocycles. The van der Waals surface area contributed by atoms with E-state index >= 15 is 0 Å². The van der Waals surface area contributed by atoms with E-state index < -0.39 is 0 Å². The first kappa shape index (κ1) is 17.8. The minimum atomic E-state index is 0.239. The Morgan fingerprint density at radius 2 is 1.65 bits per heavy atom. The zero-order chi connectivity index (χ0) is 18.3. The Morgan fingerprint density at radius 1 is 0.923 bits per heavy atom. The highest BCUT2D eigenvalue weighted by atomic mass is 35.5. The van der Waals surface area contributed by atoms with E-state index in [9.17, 15) is 0 Å². The molecular weight excluding hydrogens is 438 g/mol. The summed E-state index contributed by atoms with van der Waals surface area (Å²) >= 11 is 25.6. The number of nitrogens with zero attached hydrogens (tertiary/aromatic N) is 4. The van der Waals surface area contributed by atoms with Gasteiger partial charge in [-0.2, -0.15) is 9.61 Å². The molecule has 0 fully saturated rings. The van der Waals surface area contributed by atoms with Crippen LogP contribution in [0, 0.1) is 0 Å². The van der Waals surface area contributed by atoms with Gasteiger partial charge in [0, 0.05) is 15.6 Å². The lowest BCUT2D eigenvalue weighted by Gasteiger charge is -2.06. The average molecular weight is 446 g/mol. The van der Waals surface area contributed by atoms with Crippen LogP contribution in [0.5, 0.6) is 5.75 Å². The van der Waals surface area contributed by atoms with E-state index in [0.717, 1.165) is 0 Å². The first-order valence-corrected chi connectivity index (χ1v) is 9.58. The molecule has 0 spiro atoms. The van der Waals surface area contributed by atoms with Crippen molar-refractivity contribution in [3.8, 4) is 17.1 Å². The fourth-order valence-electron chi connectivity index (χ4n) is 2.29. The van der Waals surface area contributed by atoms with E-state index in [0.29, 0.717) is 47.2 Å². The third-order valence-electron chi connectivity index (χ3n) is 3.45. The van der Waals surface area contributed by atoms with Gasteiger partial charge in [-0.05, 0) is 36.4 Å². The van der Waals surface area contributed by atoms with Crippen LogP contribution in [0.2, 0.25) is 20.1 Å². The highest BCUT2D eigenvalue weighted by Gasteiger charge is 2.16. The zero-order valence-corrected chi connectivity index (χ0v) is 16.6. The average Bonchev–Trinajstić information content (AvgIpc) is 3.15. The SMILES string of the molecule is Clc1ccc(OCc2nn3c(-c4ccc(Cl)cc4Cl)nnc3s2)c(Cl)c1. The standard InChI is InChI=1S/C16H8Cl4N4OS/c17-8-1-3-10(11(19)5-8)15-21-22-16-24(15)23-14(26-16)7-25-13-4-2-9(18)6-12(13)20/h1-6H,7H2. The molecule has 2 aromatic heterocycles. The second kappa shape index (κ2) is 7.21. The molecule has 2 heterocycles. The maximum Gasteiger partial charge on any atom is 0.235 e. The highest BCUT2D eigenvalue weighted by molar-refractivity contribution is 7.16. The van der Waals surface area contributed by atoms with Gasteiger partial charge in [-0.1, -0.05) is 57.7 Å². The molecule has 0 unspecified atom stereocenters. The fraction of sp³-hybridized carbons (Fsp3) is 0.0625. The monoisotopic (exact) mass is 444 g/mol. The maximum atomic E-state index is 6.26. The van der Waals surface area contributed by atoms with Gasteiger partial charge in [-0.25, -0.2) is 0 Å². The minimum Gasteiger partial charge on any atom is -0.485 e. The van der Waals surface area contributed by atoms with Crippen LogP contribution in [0.1, 0.15) is 5.01 Å².